The molecular weight excluding hydrogens is 287 g/mol. The summed E-state index contributed by atoms with van der Waals surface area (Å²) in [4.78, 5) is 0.285. The number of thioether (sulfide) groups is 1. The molecule has 0 fully saturated rings. The van der Waals surface area contributed by atoms with Crippen LogP contribution in [0.2, 0.25) is 0 Å². The molecule has 0 aromatic heterocycles. The maximum Gasteiger partial charge on any atom is 0.417 e. The smallest absolute Gasteiger partial charge is 0.383 e. The number of benzene rings is 1. The van der Waals surface area contributed by atoms with Gasteiger partial charge in [-0.05, 0) is 17.7 Å². The Kier molecular flexibility index (Phi) is 6.85. The highest BCUT2D eigenvalue weighted by atomic mass is 32.2. The van der Waals surface area contributed by atoms with E-state index in [9.17, 15) is 13.2 Å². The van der Waals surface area contributed by atoms with Crippen molar-refractivity contribution >= 4 is 11.8 Å². The van der Waals surface area contributed by atoms with Crippen LogP contribution >= 0.6 is 11.8 Å². The van der Waals surface area contributed by atoms with E-state index in [4.69, 9.17) is 4.74 Å². The molecule has 0 saturated carbocycles. The zero-order chi connectivity index (χ0) is 15.2. The van der Waals surface area contributed by atoms with Gasteiger partial charge in [0.05, 0.1) is 12.2 Å². The van der Waals surface area contributed by atoms with Crippen LogP contribution < -0.4 is 5.32 Å². The van der Waals surface area contributed by atoms with Gasteiger partial charge in [0.1, 0.15) is 0 Å². The molecule has 20 heavy (non-hydrogen) atoms. The van der Waals surface area contributed by atoms with Crippen LogP contribution in [0.4, 0.5) is 13.2 Å². The molecule has 114 valence electrons. The third-order valence-corrected chi connectivity index (χ3v) is 3.61. The molecule has 2 nitrogen and oxygen atoms in total. The second-order valence-corrected chi connectivity index (χ2v) is 6.28. The molecule has 1 rings (SSSR count). The van der Waals surface area contributed by atoms with E-state index in [0.29, 0.717) is 25.3 Å². The van der Waals surface area contributed by atoms with E-state index in [2.05, 4.69) is 5.32 Å². The maximum atomic E-state index is 13.1. The number of rotatable bonds is 7. The van der Waals surface area contributed by atoms with Crippen molar-refractivity contribution in [3.63, 3.8) is 0 Å². The topological polar surface area (TPSA) is 21.3 Å². The lowest BCUT2D eigenvalue weighted by molar-refractivity contribution is -0.139. The van der Waals surface area contributed by atoms with Gasteiger partial charge in [-0.25, -0.2) is 0 Å². The van der Waals surface area contributed by atoms with E-state index in [1.807, 2.05) is 13.8 Å². The van der Waals surface area contributed by atoms with Crippen molar-refractivity contribution in [3.8, 4) is 0 Å². The van der Waals surface area contributed by atoms with Crippen LogP contribution in [-0.2, 0) is 17.5 Å². The molecule has 0 bridgehead atoms. The highest BCUT2D eigenvalue weighted by Crippen LogP contribution is 2.38. The Balaban J connectivity index is 2.85. The minimum Gasteiger partial charge on any atom is -0.383 e. The van der Waals surface area contributed by atoms with Gasteiger partial charge in [-0.3, -0.25) is 0 Å². The molecule has 1 aromatic carbocycles. The summed E-state index contributed by atoms with van der Waals surface area (Å²) in [5, 5.41) is 3.16. The van der Waals surface area contributed by atoms with Crippen molar-refractivity contribution in [2.24, 2.45) is 0 Å². The second kappa shape index (κ2) is 7.90. The van der Waals surface area contributed by atoms with Gasteiger partial charge in [0, 0.05) is 30.3 Å². The number of halogens is 3. The number of methoxy groups -OCH3 is 1. The zero-order valence-electron chi connectivity index (χ0n) is 11.9. The van der Waals surface area contributed by atoms with Crippen molar-refractivity contribution in [2.45, 2.75) is 36.7 Å². The monoisotopic (exact) mass is 307 g/mol. The van der Waals surface area contributed by atoms with E-state index in [1.165, 1.54) is 17.8 Å². The molecule has 0 atom stereocenters. The summed E-state index contributed by atoms with van der Waals surface area (Å²) in [5.74, 6) is 0. The molecule has 0 aliphatic carbocycles. The molecule has 0 saturated heterocycles. The van der Waals surface area contributed by atoms with Crippen LogP contribution in [0.15, 0.2) is 23.1 Å². The summed E-state index contributed by atoms with van der Waals surface area (Å²) in [6.07, 6.45) is -4.32. The molecule has 0 aliphatic rings. The third kappa shape index (κ3) is 5.73. The minimum absolute atomic E-state index is 0.113. The summed E-state index contributed by atoms with van der Waals surface area (Å²) in [6.45, 7) is 5.31. The van der Waals surface area contributed by atoms with Crippen molar-refractivity contribution in [1.82, 2.24) is 5.32 Å². The molecule has 1 aromatic rings. The number of alkyl halides is 3. The van der Waals surface area contributed by atoms with Gasteiger partial charge >= 0.3 is 6.18 Å². The fourth-order valence-electron chi connectivity index (χ4n) is 1.67. The van der Waals surface area contributed by atoms with Gasteiger partial charge in [0.25, 0.3) is 0 Å². The Morgan fingerprint density at radius 1 is 1.30 bits per heavy atom. The van der Waals surface area contributed by atoms with E-state index < -0.39 is 11.7 Å². The molecule has 1 N–H and O–H groups in total. The summed E-state index contributed by atoms with van der Waals surface area (Å²) >= 11 is 1.23. The van der Waals surface area contributed by atoms with Gasteiger partial charge in [-0.1, -0.05) is 19.9 Å². The zero-order valence-corrected chi connectivity index (χ0v) is 12.7. The largest absolute Gasteiger partial charge is 0.417 e. The highest BCUT2D eigenvalue weighted by Gasteiger charge is 2.33. The Bertz CT molecular complexity index is 421. The quantitative estimate of drug-likeness (QED) is 0.609. The molecule has 6 heteroatoms. The first-order valence-electron chi connectivity index (χ1n) is 6.41. The molecule has 0 aliphatic heterocycles. The Labute approximate surface area is 122 Å². The fourth-order valence-corrected chi connectivity index (χ4v) is 2.63. The molecule has 0 spiro atoms. The SMILES string of the molecule is COCCNCc1ccc(SC(C)C)c(C(F)(F)F)c1. The minimum atomic E-state index is -4.32. The van der Waals surface area contributed by atoms with Crippen molar-refractivity contribution in [1.29, 1.82) is 0 Å². The Hall–Kier alpha value is -0.720. The fraction of sp³-hybridized carbons (Fsp3) is 0.571. The van der Waals surface area contributed by atoms with Crippen LogP contribution in [0, 0.1) is 0 Å². The Morgan fingerprint density at radius 2 is 2.00 bits per heavy atom. The van der Waals surface area contributed by atoms with Gasteiger partial charge in [0.15, 0.2) is 0 Å². The maximum absolute atomic E-state index is 13.1. The number of hydrogen-bond donors (Lipinski definition) is 1. The van der Waals surface area contributed by atoms with Gasteiger partial charge in [-0.15, -0.1) is 11.8 Å². The van der Waals surface area contributed by atoms with E-state index in [0.717, 1.165) is 0 Å². The summed E-state index contributed by atoms with van der Waals surface area (Å²) in [6, 6.07) is 4.52. The predicted molar refractivity (Wildman–Crippen MR) is 76.0 cm³/mol. The van der Waals surface area contributed by atoms with E-state index in [-0.39, 0.29) is 10.1 Å². The summed E-state index contributed by atoms with van der Waals surface area (Å²) < 4.78 is 44.1. The normalized spacial score (nSPS) is 12.2. The van der Waals surface area contributed by atoms with Gasteiger partial charge < -0.3 is 10.1 Å². The molecule has 0 radical (unpaired) electrons. The van der Waals surface area contributed by atoms with Crippen LogP contribution in [0.5, 0.6) is 0 Å². The molecule has 0 unspecified atom stereocenters. The highest BCUT2D eigenvalue weighted by molar-refractivity contribution is 8.00. The predicted octanol–water partition coefficient (Wildman–Crippen LogP) is 3.94. The van der Waals surface area contributed by atoms with Gasteiger partial charge in [-0.2, -0.15) is 13.2 Å². The lowest BCUT2D eigenvalue weighted by Gasteiger charge is -2.16. The van der Waals surface area contributed by atoms with Crippen LogP contribution in [-0.4, -0.2) is 25.5 Å². The van der Waals surface area contributed by atoms with Crippen molar-refractivity contribution < 1.29 is 17.9 Å². The first-order valence-corrected chi connectivity index (χ1v) is 7.29. The summed E-state index contributed by atoms with van der Waals surface area (Å²) in [5.41, 5.74) is 0.0729. The average molecular weight is 307 g/mol. The third-order valence-electron chi connectivity index (χ3n) is 2.52. The second-order valence-electron chi connectivity index (χ2n) is 4.66. The molecule has 0 heterocycles. The van der Waals surface area contributed by atoms with Crippen molar-refractivity contribution in [3.05, 3.63) is 29.3 Å². The van der Waals surface area contributed by atoms with Crippen LogP contribution in [0.3, 0.4) is 0 Å². The van der Waals surface area contributed by atoms with Crippen LogP contribution in [0.1, 0.15) is 25.0 Å². The van der Waals surface area contributed by atoms with Crippen LogP contribution in [0.25, 0.3) is 0 Å². The van der Waals surface area contributed by atoms with Gasteiger partial charge in [0.2, 0.25) is 0 Å². The van der Waals surface area contributed by atoms with Crippen molar-refractivity contribution in [2.75, 3.05) is 20.3 Å². The number of ether oxygens (including phenoxy) is 1. The standard InChI is InChI=1S/C14H20F3NOS/c1-10(2)20-13-5-4-11(9-18-6-7-19-3)8-12(13)14(15,16)17/h4-5,8,10,18H,6-7,9H2,1-3H3. The van der Waals surface area contributed by atoms with E-state index >= 15 is 0 Å². The number of nitrogens with one attached hydrogen (secondary N) is 1. The van der Waals surface area contributed by atoms with E-state index in [1.54, 1.807) is 19.2 Å². The first-order chi connectivity index (χ1) is 9.34. The lowest BCUT2D eigenvalue weighted by Crippen LogP contribution is -2.19. The Morgan fingerprint density at radius 3 is 2.55 bits per heavy atom. The molecular formula is C14H20F3NOS. The summed E-state index contributed by atoms with van der Waals surface area (Å²) in [7, 11) is 1.58. The average Bonchev–Trinajstić information content (AvgIpc) is 2.34. The first kappa shape index (κ1) is 17.3. The number of hydrogen-bond acceptors (Lipinski definition) is 3. The lowest BCUT2D eigenvalue weighted by atomic mass is 10.1. The molecule has 0 amide bonds.